The lowest BCUT2D eigenvalue weighted by molar-refractivity contribution is 0.414. The molecule has 2 N–H and O–H groups in total. The first-order valence-corrected chi connectivity index (χ1v) is 8.22. The molecule has 2 aromatic heterocycles. The summed E-state index contributed by atoms with van der Waals surface area (Å²) >= 11 is 0. The minimum absolute atomic E-state index is 0.397. The zero-order valence-corrected chi connectivity index (χ0v) is 13.9. The van der Waals surface area contributed by atoms with Crippen LogP contribution in [-0.2, 0) is 0 Å². The maximum absolute atomic E-state index is 6.08. The molecule has 0 spiro atoms. The van der Waals surface area contributed by atoms with Gasteiger partial charge in [-0.15, -0.1) is 0 Å². The quantitative estimate of drug-likeness (QED) is 0.772. The van der Waals surface area contributed by atoms with Crippen molar-refractivity contribution in [2.45, 2.75) is 19.4 Å². The summed E-state index contributed by atoms with van der Waals surface area (Å²) in [7, 11) is 2.14. The monoisotopic (exact) mass is 323 g/mol. The SMILES string of the molecule is Cc1ccc(Oc2ccnc3[nH]nc(N[C@@H]4CCN(C)C4)c23)cc1. The number of likely N-dealkylation sites (tertiary alicyclic amines) is 1. The minimum Gasteiger partial charge on any atom is -0.456 e. The second-order valence-corrected chi connectivity index (χ2v) is 6.41. The first-order chi connectivity index (χ1) is 11.7. The molecule has 1 aromatic carbocycles. The Hall–Kier alpha value is -2.60. The number of nitrogens with zero attached hydrogens (tertiary/aromatic N) is 3. The number of aromatic nitrogens is 3. The molecule has 0 saturated carbocycles. The van der Waals surface area contributed by atoms with Gasteiger partial charge >= 0.3 is 0 Å². The van der Waals surface area contributed by atoms with E-state index in [0.29, 0.717) is 6.04 Å². The molecular weight excluding hydrogens is 302 g/mol. The van der Waals surface area contributed by atoms with E-state index < -0.39 is 0 Å². The molecule has 24 heavy (non-hydrogen) atoms. The van der Waals surface area contributed by atoms with Crippen molar-refractivity contribution in [1.29, 1.82) is 0 Å². The normalized spacial score (nSPS) is 18.2. The molecule has 1 fully saturated rings. The molecule has 0 aliphatic carbocycles. The van der Waals surface area contributed by atoms with E-state index in [0.717, 1.165) is 47.9 Å². The number of aryl methyl sites for hydroxylation is 1. The van der Waals surface area contributed by atoms with Crippen LogP contribution >= 0.6 is 0 Å². The summed E-state index contributed by atoms with van der Waals surface area (Å²) in [6.45, 7) is 4.18. The number of hydrogen-bond donors (Lipinski definition) is 2. The van der Waals surface area contributed by atoms with Crippen LogP contribution in [0.15, 0.2) is 36.5 Å². The molecular formula is C18H21N5O. The van der Waals surface area contributed by atoms with Gasteiger partial charge in [-0.3, -0.25) is 5.10 Å². The van der Waals surface area contributed by atoms with Gasteiger partial charge in [0.2, 0.25) is 0 Å². The van der Waals surface area contributed by atoms with Gasteiger partial charge in [-0.2, -0.15) is 5.10 Å². The van der Waals surface area contributed by atoms with Crippen molar-refractivity contribution in [2.75, 3.05) is 25.5 Å². The van der Waals surface area contributed by atoms with Gasteiger partial charge in [-0.25, -0.2) is 4.98 Å². The largest absolute Gasteiger partial charge is 0.456 e. The number of likely N-dealkylation sites (N-methyl/N-ethyl adjacent to an activating group) is 1. The number of rotatable bonds is 4. The third-order valence-corrected chi connectivity index (χ3v) is 4.40. The van der Waals surface area contributed by atoms with Crippen LogP contribution in [0.2, 0.25) is 0 Å². The van der Waals surface area contributed by atoms with Crippen LogP contribution in [-0.4, -0.2) is 46.3 Å². The van der Waals surface area contributed by atoms with E-state index in [1.165, 1.54) is 5.56 Å². The number of pyridine rings is 1. The van der Waals surface area contributed by atoms with Gasteiger partial charge in [0.1, 0.15) is 16.9 Å². The lowest BCUT2D eigenvalue weighted by Crippen LogP contribution is -2.23. The number of nitrogens with one attached hydrogen (secondary N) is 2. The topological polar surface area (TPSA) is 66.1 Å². The molecule has 4 rings (SSSR count). The molecule has 6 heteroatoms. The average molecular weight is 323 g/mol. The van der Waals surface area contributed by atoms with Crippen LogP contribution in [0.25, 0.3) is 11.0 Å². The molecule has 1 aliphatic rings. The summed E-state index contributed by atoms with van der Waals surface area (Å²) in [6, 6.07) is 10.3. The van der Waals surface area contributed by atoms with Crippen LogP contribution in [0.1, 0.15) is 12.0 Å². The highest BCUT2D eigenvalue weighted by Crippen LogP contribution is 2.33. The summed E-state index contributed by atoms with van der Waals surface area (Å²) in [5.74, 6) is 2.37. The van der Waals surface area contributed by atoms with Gasteiger partial charge in [0.05, 0.1) is 0 Å². The number of fused-ring (bicyclic) bond motifs is 1. The van der Waals surface area contributed by atoms with E-state index in [1.807, 2.05) is 30.3 Å². The number of hydrogen-bond acceptors (Lipinski definition) is 5. The highest BCUT2D eigenvalue weighted by Gasteiger charge is 2.22. The molecule has 1 aliphatic heterocycles. The molecule has 0 amide bonds. The third-order valence-electron chi connectivity index (χ3n) is 4.40. The summed E-state index contributed by atoms with van der Waals surface area (Å²) in [4.78, 5) is 6.67. The zero-order chi connectivity index (χ0) is 16.5. The predicted molar refractivity (Wildman–Crippen MR) is 94.7 cm³/mol. The summed E-state index contributed by atoms with van der Waals surface area (Å²) in [6.07, 6.45) is 2.84. The van der Waals surface area contributed by atoms with Crippen molar-refractivity contribution in [3.63, 3.8) is 0 Å². The number of anilines is 1. The van der Waals surface area contributed by atoms with E-state index in [-0.39, 0.29) is 0 Å². The number of benzene rings is 1. The van der Waals surface area contributed by atoms with Gasteiger partial charge in [0.15, 0.2) is 11.5 Å². The van der Waals surface area contributed by atoms with Crippen LogP contribution in [0, 0.1) is 6.92 Å². The molecule has 0 radical (unpaired) electrons. The molecule has 1 atom stereocenters. The van der Waals surface area contributed by atoms with Crippen molar-refractivity contribution in [1.82, 2.24) is 20.1 Å². The number of aromatic amines is 1. The average Bonchev–Trinajstić information content (AvgIpc) is 3.17. The maximum atomic E-state index is 6.08. The van der Waals surface area contributed by atoms with E-state index in [1.54, 1.807) is 6.20 Å². The van der Waals surface area contributed by atoms with Crippen LogP contribution < -0.4 is 10.1 Å². The summed E-state index contributed by atoms with van der Waals surface area (Å²) in [5, 5.41) is 11.8. The Balaban J connectivity index is 1.65. The lowest BCUT2D eigenvalue weighted by Gasteiger charge is -2.13. The van der Waals surface area contributed by atoms with Crippen molar-refractivity contribution < 1.29 is 4.74 Å². The highest BCUT2D eigenvalue weighted by molar-refractivity contribution is 5.93. The number of ether oxygens (including phenoxy) is 1. The molecule has 3 heterocycles. The first-order valence-electron chi connectivity index (χ1n) is 8.22. The standard InChI is InChI=1S/C18H21N5O/c1-12-3-5-14(6-4-12)24-15-7-9-19-17-16(15)18(22-21-17)20-13-8-10-23(2)11-13/h3-7,9,13H,8,10-11H2,1-2H3,(H2,19,20,21,22)/t13-/m1/s1. The predicted octanol–water partition coefficient (Wildman–Crippen LogP) is 3.17. The number of H-pyrrole nitrogens is 1. The fourth-order valence-corrected chi connectivity index (χ4v) is 3.09. The second-order valence-electron chi connectivity index (χ2n) is 6.41. The Morgan fingerprint density at radius 1 is 1.25 bits per heavy atom. The minimum atomic E-state index is 0.397. The first kappa shape index (κ1) is 15.0. The van der Waals surface area contributed by atoms with Crippen molar-refractivity contribution in [3.8, 4) is 11.5 Å². The van der Waals surface area contributed by atoms with Gasteiger partial charge in [-0.1, -0.05) is 17.7 Å². The summed E-state index contributed by atoms with van der Waals surface area (Å²) < 4.78 is 6.08. The van der Waals surface area contributed by atoms with Crippen LogP contribution in [0.4, 0.5) is 5.82 Å². The molecule has 124 valence electrons. The third kappa shape index (κ3) is 2.92. The van der Waals surface area contributed by atoms with Crippen LogP contribution in [0.3, 0.4) is 0 Å². The van der Waals surface area contributed by atoms with E-state index in [4.69, 9.17) is 4.74 Å². The zero-order valence-electron chi connectivity index (χ0n) is 13.9. The Morgan fingerprint density at radius 2 is 2.08 bits per heavy atom. The fourth-order valence-electron chi connectivity index (χ4n) is 3.09. The highest BCUT2D eigenvalue weighted by atomic mass is 16.5. The molecule has 0 bridgehead atoms. The van der Waals surface area contributed by atoms with E-state index >= 15 is 0 Å². The van der Waals surface area contributed by atoms with Gasteiger partial charge in [0.25, 0.3) is 0 Å². The van der Waals surface area contributed by atoms with Crippen molar-refractivity contribution in [3.05, 3.63) is 42.1 Å². The lowest BCUT2D eigenvalue weighted by atomic mass is 10.2. The maximum Gasteiger partial charge on any atom is 0.161 e. The van der Waals surface area contributed by atoms with E-state index in [2.05, 4.69) is 39.4 Å². The molecule has 3 aromatic rings. The Morgan fingerprint density at radius 3 is 2.83 bits per heavy atom. The van der Waals surface area contributed by atoms with Crippen LogP contribution in [0.5, 0.6) is 11.5 Å². The van der Waals surface area contributed by atoms with Crippen molar-refractivity contribution in [2.24, 2.45) is 0 Å². The van der Waals surface area contributed by atoms with Gasteiger partial charge < -0.3 is 15.0 Å². The Kier molecular flexibility index (Phi) is 3.82. The Labute approximate surface area is 140 Å². The smallest absolute Gasteiger partial charge is 0.161 e. The van der Waals surface area contributed by atoms with Gasteiger partial charge in [-0.05, 0) is 39.1 Å². The van der Waals surface area contributed by atoms with Gasteiger partial charge in [0, 0.05) is 24.8 Å². The molecule has 6 nitrogen and oxygen atoms in total. The van der Waals surface area contributed by atoms with Crippen molar-refractivity contribution >= 4 is 16.9 Å². The fraction of sp³-hybridized carbons (Fsp3) is 0.333. The summed E-state index contributed by atoms with van der Waals surface area (Å²) in [5.41, 5.74) is 1.94. The Bertz CT molecular complexity index is 842. The second kappa shape index (κ2) is 6.13. The van der Waals surface area contributed by atoms with E-state index in [9.17, 15) is 0 Å². The molecule has 0 unspecified atom stereocenters. The molecule has 1 saturated heterocycles.